The Labute approximate surface area is 152 Å². The number of aromatic nitrogens is 4. The molecule has 3 aromatic rings. The van der Waals surface area contributed by atoms with E-state index in [-0.39, 0.29) is 6.04 Å². The Hall–Kier alpha value is -2.93. The topological polar surface area (TPSA) is 68.1 Å². The van der Waals surface area contributed by atoms with Crippen LogP contribution in [0.1, 0.15) is 17.4 Å². The Morgan fingerprint density at radius 2 is 2.08 bits per heavy atom. The maximum atomic E-state index is 5.36. The fourth-order valence-corrected chi connectivity index (χ4v) is 3.35. The number of para-hydroxylation sites is 1. The number of rotatable bonds is 6. The fourth-order valence-electron chi connectivity index (χ4n) is 3.35. The minimum absolute atomic E-state index is 0.0582. The van der Waals surface area contributed by atoms with E-state index in [1.165, 1.54) is 5.69 Å². The van der Waals surface area contributed by atoms with E-state index in [0.717, 1.165) is 30.0 Å². The second-order valence-electron chi connectivity index (χ2n) is 6.29. The molecule has 3 heterocycles. The molecule has 1 aliphatic heterocycles. The molecule has 0 aliphatic carbocycles. The molecule has 7 heteroatoms. The SMILES string of the molecule is COCC(Nc1ncc2c(n1)CCN2c1ccccc1)c1ccnn1C. The van der Waals surface area contributed by atoms with Crippen molar-refractivity contribution >= 4 is 17.3 Å². The summed E-state index contributed by atoms with van der Waals surface area (Å²) >= 11 is 0. The van der Waals surface area contributed by atoms with Crippen molar-refractivity contribution < 1.29 is 4.74 Å². The highest BCUT2D eigenvalue weighted by Gasteiger charge is 2.24. The van der Waals surface area contributed by atoms with Crippen LogP contribution in [0.5, 0.6) is 0 Å². The number of nitrogens with zero attached hydrogens (tertiary/aromatic N) is 5. The Balaban J connectivity index is 1.57. The van der Waals surface area contributed by atoms with Crippen molar-refractivity contribution in [1.82, 2.24) is 19.7 Å². The molecule has 1 aliphatic rings. The molecule has 1 aromatic carbocycles. The molecule has 4 rings (SSSR count). The summed E-state index contributed by atoms with van der Waals surface area (Å²) in [6, 6.07) is 12.3. The smallest absolute Gasteiger partial charge is 0.223 e. The van der Waals surface area contributed by atoms with Crippen molar-refractivity contribution in [1.29, 1.82) is 0 Å². The summed E-state index contributed by atoms with van der Waals surface area (Å²) in [5, 5.41) is 7.62. The highest BCUT2D eigenvalue weighted by molar-refractivity contribution is 5.68. The van der Waals surface area contributed by atoms with Crippen LogP contribution in [0.4, 0.5) is 17.3 Å². The van der Waals surface area contributed by atoms with Crippen LogP contribution >= 0.6 is 0 Å². The highest BCUT2D eigenvalue weighted by Crippen LogP contribution is 2.33. The summed E-state index contributed by atoms with van der Waals surface area (Å²) in [5.41, 5.74) is 4.34. The zero-order valence-electron chi connectivity index (χ0n) is 15.0. The summed E-state index contributed by atoms with van der Waals surface area (Å²) in [4.78, 5) is 11.5. The Bertz CT molecular complexity index is 879. The van der Waals surface area contributed by atoms with E-state index in [0.29, 0.717) is 12.6 Å². The lowest BCUT2D eigenvalue weighted by Gasteiger charge is -2.20. The third-order valence-electron chi connectivity index (χ3n) is 4.63. The second-order valence-corrected chi connectivity index (χ2v) is 6.29. The summed E-state index contributed by atoms with van der Waals surface area (Å²) in [5.74, 6) is 0.613. The molecule has 1 unspecified atom stereocenters. The minimum Gasteiger partial charge on any atom is -0.382 e. The number of fused-ring (bicyclic) bond motifs is 1. The van der Waals surface area contributed by atoms with Crippen molar-refractivity contribution in [2.75, 3.05) is 30.5 Å². The van der Waals surface area contributed by atoms with E-state index in [9.17, 15) is 0 Å². The van der Waals surface area contributed by atoms with Crippen LogP contribution in [0, 0.1) is 0 Å². The summed E-state index contributed by atoms with van der Waals surface area (Å²) in [7, 11) is 3.60. The van der Waals surface area contributed by atoms with Gasteiger partial charge in [0.2, 0.25) is 5.95 Å². The molecule has 0 spiro atoms. The highest BCUT2D eigenvalue weighted by atomic mass is 16.5. The van der Waals surface area contributed by atoms with Gasteiger partial charge in [0, 0.05) is 39.0 Å². The lowest BCUT2D eigenvalue weighted by molar-refractivity contribution is 0.183. The molecule has 0 saturated heterocycles. The number of aryl methyl sites for hydroxylation is 1. The average Bonchev–Trinajstić information content (AvgIpc) is 3.28. The molecule has 0 bridgehead atoms. The van der Waals surface area contributed by atoms with Crippen LogP contribution in [-0.4, -0.2) is 40.0 Å². The van der Waals surface area contributed by atoms with Crippen LogP contribution in [0.25, 0.3) is 0 Å². The summed E-state index contributed by atoms with van der Waals surface area (Å²) < 4.78 is 7.19. The third-order valence-corrected chi connectivity index (χ3v) is 4.63. The van der Waals surface area contributed by atoms with Crippen molar-refractivity contribution in [3.63, 3.8) is 0 Å². The standard InChI is InChI=1S/C19H22N6O/c1-24-17(8-10-21-24)16(13-26-2)23-19-20-12-18-15(22-19)9-11-25(18)14-6-4-3-5-7-14/h3-8,10,12,16H,9,11,13H2,1-2H3,(H,20,22,23). The van der Waals surface area contributed by atoms with Gasteiger partial charge in [0.05, 0.1) is 35.9 Å². The van der Waals surface area contributed by atoms with Gasteiger partial charge in [-0.05, 0) is 18.2 Å². The van der Waals surface area contributed by atoms with E-state index >= 15 is 0 Å². The predicted molar refractivity (Wildman–Crippen MR) is 101 cm³/mol. The number of benzene rings is 1. The van der Waals surface area contributed by atoms with E-state index in [1.807, 2.05) is 42.2 Å². The molecule has 0 saturated carbocycles. The zero-order valence-corrected chi connectivity index (χ0v) is 15.0. The van der Waals surface area contributed by atoms with Crippen LogP contribution in [0.15, 0.2) is 48.8 Å². The van der Waals surface area contributed by atoms with Crippen LogP contribution < -0.4 is 10.2 Å². The lowest BCUT2D eigenvalue weighted by Crippen LogP contribution is -2.21. The zero-order chi connectivity index (χ0) is 17.9. The molecular formula is C19H22N6O. The maximum Gasteiger partial charge on any atom is 0.223 e. The normalized spacial score (nSPS) is 14.3. The Morgan fingerprint density at radius 3 is 2.81 bits per heavy atom. The van der Waals surface area contributed by atoms with Crippen molar-refractivity contribution in [3.05, 3.63) is 60.2 Å². The van der Waals surface area contributed by atoms with Gasteiger partial charge in [-0.1, -0.05) is 18.2 Å². The first kappa shape index (κ1) is 16.5. The molecule has 1 N–H and O–H groups in total. The van der Waals surface area contributed by atoms with Gasteiger partial charge in [0.15, 0.2) is 0 Å². The van der Waals surface area contributed by atoms with Crippen LogP contribution in [0.2, 0.25) is 0 Å². The lowest BCUT2D eigenvalue weighted by atomic mass is 10.2. The van der Waals surface area contributed by atoms with Gasteiger partial charge in [-0.15, -0.1) is 0 Å². The third kappa shape index (κ3) is 3.13. The van der Waals surface area contributed by atoms with Gasteiger partial charge >= 0.3 is 0 Å². The molecule has 1 atom stereocenters. The van der Waals surface area contributed by atoms with Gasteiger partial charge in [-0.25, -0.2) is 9.97 Å². The predicted octanol–water partition coefficient (Wildman–Crippen LogP) is 2.70. The largest absolute Gasteiger partial charge is 0.382 e. The second kappa shape index (κ2) is 7.13. The number of anilines is 3. The van der Waals surface area contributed by atoms with Gasteiger partial charge < -0.3 is 15.0 Å². The minimum atomic E-state index is -0.0582. The quantitative estimate of drug-likeness (QED) is 0.737. The van der Waals surface area contributed by atoms with Crippen molar-refractivity contribution in [2.45, 2.75) is 12.5 Å². The molecule has 7 nitrogen and oxygen atoms in total. The number of hydrogen-bond donors (Lipinski definition) is 1. The molecule has 26 heavy (non-hydrogen) atoms. The first-order chi connectivity index (χ1) is 12.8. The van der Waals surface area contributed by atoms with Gasteiger partial charge in [-0.3, -0.25) is 4.68 Å². The molecule has 134 valence electrons. The molecule has 2 aromatic heterocycles. The first-order valence-electron chi connectivity index (χ1n) is 8.68. The molecule has 0 amide bonds. The average molecular weight is 350 g/mol. The monoisotopic (exact) mass is 350 g/mol. The van der Waals surface area contributed by atoms with E-state index in [4.69, 9.17) is 9.72 Å². The molecule has 0 radical (unpaired) electrons. The number of methoxy groups -OCH3 is 1. The Morgan fingerprint density at radius 1 is 1.23 bits per heavy atom. The van der Waals surface area contributed by atoms with Gasteiger partial charge in [0.1, 0.15) is 0 Å². The Kier molecular flexibility index (Phi) is 4.53. The van der Waals surface area contributed by atoms with E-state index in [2.05, 4.69) is 32.4 Å². The molecule has 0 fully saturated rings. The first-order valence-corrected chi connectivity index (χ1v) is 8.68. The van der Waals surface area contributed by atoms with E-state index < -0.39 is 0 Å². The number of ether oxygens (including phenoxy) is 1. The fraction of sp³-hybridized carbons (Fsp3) is 0.316. The summed E-state index contributed by atoms with van der Waals surface area (Å²) in [6.45, 7) is 1.43. The number of nitrogens with one attached hydrogen (secondary N) is 1. The van der Waals surface area contributed by atoms with Crippen LogP contribution in [-0.2, 0) is 18.2 Å². The van der Waals surface area contributed by atoms with Crippen molar-refractivity contribution in [3.8, 4) is 0 Å². The number of hydrogen-bond acceptors (Lipinski definition) is 6. The van der Waals surface area contributed by atoms with Gasteiger partial charge in [0.25, 0.3) is 0 Å². The van der Waals surface area contributed by atoms with Crippen LogP contribution in [0.3, 0.4) is 0 Å². The van der Waals surface area contributed by atoms with E-state index in [1.54, 1.807) is 13.3 Å². The van der Waals surface area contributed by atoms with Gasteiger partial charge in [-0.2, -0.15) is 5.10 Å². The molecular weight excluding hydrogens is 328 g/mol. The summed E-state index contributed by atoms with van der Waals surface area (Å²) in [6.07, 6.45) is 4.58. The maximum absolute atomic E-state index is 5.36. The van der Waals surface area contributed by atoms with Crippen molar-refractivity contribution in [2.24, 2.45) is 7.05 Å².